The van der Waals surface area contributed by atoms with Crippen molar-refractivity contribution in [2.75, 3.05) is 31.2 Å². The van der Waals surface area contributed by atoms with Gasteiger partial charge in [-0.15, -0.1) is 5.10 Å². The van der Waals surface area contributed by atoms with Crippen LogP contribution in [0.1, 0.15) is 5.82 Å². The predicted molar refractivity (Wildman–Crippen MR) is 116 cm³/mol. The minimum atomic E-state index is -2.57. The number of hydrogen-bond donors (Lipinski definition) is 3. The van der Waals surface area contributed by atoms with Gasteiger partial charge < -0.3 is 25.6 Å². The van der Waals surface area contributed by atoms with Crippen LogP contribution in [0.2, 0.25) is 0 Å². The maximum absolute atomic E-state index is 14.2. The number of alkyl halides is 3. The van der Waals surface area contributed by atoms with Crippen LogP contribution in [0, 0.1) is 6.92 Å². The lowest BCUT2D eigenvalue weighted by atomic mass is 10.2. The molecule has 1 unspecified atom stereocenters. The number of hydrogen-bond acceptors (Lipinski definition) is 8. The molecule has 5 heterocycles. The lowest BCUT2D eigenvalue weighted by molar-refractivity contribution is 0.127. The van der Waals surface area contributed by atoms with Gasteiger partial charge in [-0.1, -0.05) is 0 Å². The molecular weight excluding hydrogens is 439 g/mol. The van der Waals surface area contributed by atoms with E-state index < -0.39 is 25.2 Å². The molecule has 13 heteroatoms. The number of likely N-dealkylation sites (tertiary alicyclic amines) is 1. The molecule has 10 nitrogen and oxygen atoms in total. The highest BCUT2D eigenvalue weighted by molar-refractivity contribution is 5.89. The van der Waals surface area contributed by atoms with Gasteiger partial charge in [-0.2, -0.15) is 9.50 Å². The van der Waals surface area contributed by atoms with E-state index in [-0.39, 0.29) is 17.6 Å². The van der Waals surface area contributed by atoms with Crippen LogP contribution >= 0.6 is 0 Å². The molecule has 0 radical (unpaired) electrons. The number of nitrogens with one attached hydrogen (secondary N) is 1. The number of fused-ring (bicyclic) bond motifs is 2. The molecule has 0 amide bonds. The van der Waals surface area contributed by atoms with Gasteiger partial charge in [-0.3, -0.25) is 0 Å². The number of nitrogen functional groups attached to an aromatic ring is 1. The quantitative estimate of drug-likeness (QED) is 0.413. The Labute approximate surface area is 185 Å². The zero-order chi connectivity index (χ0) is 23.4. The Morgan fingerprint density at radius 3 is 2.73 bits per heavy atom. The molecule has 4 aromatic rings. The number of aromatic nitrogens is 6. The number of nitrogens with two attached hydrogens (primary N) is 1. The number of pyridine rings is 1. The molecule has 4 aromatic heterocycles. The average molecular weight is 461 g/mol. The summed E-state index contributed by atoms with van der Waals surface area (Å²) in [6, 6.07) is 4.23. The van der Waals surface area contributed by atoms with E-state index in [1.807, 2.05) is 11.9 Å². The fourth-order valence-electron chi connectivity index (χ4n) is 4.25. The van der Waals surface area contributed by atoms with E-state index in [1.54, 1.807) is 19.1 Å². The molecule has 0 aromatic carbocycles. The molecule has 5 rings (SSSR count). The summed E-state index contributed by atoms with van der Waals surface area (Å²) in [5.41, 5.74) is 8.05. The van der Waals surface area contributed by atoms with Crippen LogP contribution in [0.25, 0.3) is 27.9 Å². The molecule has 1 fully saturated rings. The number of aryl methyl sites for hydroxylation is 1. The fraction of sp³-hybridized carbons (Fsp3) is 0.400. The average Bonchev–Trinajstić information content (AvgIpc) is 3.35. The van der Waals surface area contributed by atoms with Gasteiger partial charge in [0, 0.05) is 24.7 Å². The monoisotopic (exact) mass is 461 g/mol. The first kappa shape index (κ1) is 21.2. The van der Waals surface area contributed by atoms with Gasteiger partial charge in [0.1, 0.15) is 23.0 Å². The van der Waals surface area contributed by atoms with Crippen molar-refractivity contribution in [2.24, 2.45) is 0 Å². The Morgan fingerprint density at radius 1 is 1.24 bits per heavy atom. The lowest BCUT2D eigenvalue weighted by Gasteiger charge is -2.15. The highest BCUT2D eigenvalue weighted by Gasteiger charge is 2.31. The summed E-state index contributed by atoms with van der Waals surface area (Å²) in [5, 5.41) is 17.7. The Morgan fingerprint density at radius 2 is 2.03 bits per heavy atom. The molecule has 0 saturated carbocycles. The maximum Gasteiger partial charge on any atom is 0.256 e. The minimum absolute atomic E-state index is 0.0451. The van der Waals surface area contributed by atoms with Crippen molar-refractivity contribution in [3.63, 3.8) is 0 Å². The first-order valence-corrected chi connectivity index (χ1v) is 10.3. The lowest BCUT2D eigenvalue weighted by Crippen LogP contribution is -2.30. The molecule has 1 aliphatic rings. The number of imidazole rings is 1. The van der Waals surface area contributed by atoms with Crippen LogP contribution in [-0.4, -0.2) is 77.9 Å². The molecule has 174 valence electrons. The Hall–Kier alpha value is -3.61. The van der Waals surface area contributed by atoms with E-state index >= 15 is 0 Å². The molecule has 4 N–H and O–H groups in total. The number of anilines is 2. The van der Waals surface area contributed by atoms with Crippen molar-refractivity contribution in [3.8, 4) is 17.1 Å². The normalized spacial score (nSPS) is 19.3. The number of halogens is 3. The predicted octanol–water partition coefficient (Wildman–Crippen LogP) is 2.07. The molecule has 0 bridgehead atoms. The molecule has 0 aliphatic carbocycles. The SMILES string of the molecule is Cc1nc2ccc(-c3cc(O)n4nc(NC5CN(C)C[C@@H]5F)nc(N)c34)nc2n1CC(F)F. The first-order chi connectivity index (χ1) is 15.7. The van der Waals surface area contributed by atoms with Crippen LogP contribution < -0.4 is 11.1 Å². The van der Waals surface area contributed by atoms with Crippen LogP contribution in [0.15, 0.2) is 18.2 Å². The summed E-state index contributed by atoms with van der Waals surface area (Å²) >= 11 is 0. The van der Waals surface area contributed by atoms with E-state index in [4.69, 9.17) is 5.73 Å². The second-order valence-corrected chi connectivity index (χ2v) is 8.19. The summed E-state index contributed by atoms with van der Waals surface area (Å²) in [4.78, 5) is 14.9. The van der Waals surface area contributed by atoms with Gasteiger partial charge in [-0.25, -0.2) is 23.1 Å². The zero-order valence-electron chi connectivity index (χ0n) is 17.9. The van der Waals surface area contributed by atoms with Gasteiger partial charge >= 0.3 is 0 Å². The van der Waals surface area contributed by atoms with Crippen molar-refractivity contribution in [3.05, 3.63) is 24.0 Å². The third-order valence-electron chi connectivity index (χ3n) is 5.75. The number of aromatic hydroxyl groups is 1. The first-order valence-electron chi connectivity index (χ1n) is 10.3. The zero-order valence-corrected chi connectivity index (χ0v) is 17.9. The molecule has 1 aliphatic heterocycles. The molecule has 1 saturated heterocycles. The van der Waals surface area contributed by atoms with E-state index in [9.17, 15) is 18.3 Å². The Bertz CT molecular complexity index is 1350. The fourth-order valence-corrected chi connectivity index (χ4v) is 4.25. The van der Waals surface area contributed by atoms with Crippen LogP contribution in [0.5, 0.6) is 5.88 Å². The van der Waals surface area contributed by atoms with Crippen molar-refractivity contribution in [1.82, 2.24) is 34.0 Å². The summed E-state index contributed by atoms with van der Waals surface area (Å²) in [5.74, 6) is 0.316. The third-order valence-corrected chi connectivity index (χ3v) is 5.75. The van der Waals surface area contributed by atoms with E-state index in [0.29, 0.717) is 46.9 Å². The second-order valence-electron chi connectivity index (χ2n) is 8.19. The molecular formula is C20H22F3N9O. The van der Waals surface area contributed by atoms with Gasteiger partial charge in [0.2, 0.25) is 11.8 Å². The van der Waals surface area contributed by atoms with E-state index in [2.05, 4.69) is 25.4 Å². The van der Waals surface area contributed by atoms with Crippen LogP contribution in [-0.2, 0) is 6.54 Å². The molecule has 33 heavy (non-hydrogen) atoms. The van der Waals surface area contributed by atoms with Crippen LogP contribution in [0.3, 0.4) is 0 Å². The summed E-state index contributed by atoms with van der Waals surface area (Å²) in [7, 11) is 1.81. The highest BCUT2D eigenvalue weighted by atomic mass is 19.3. The number of nitrogens with zero attached hydrogens (tertiary/aromatic N) is 7. The highest BCUT2D eigenvalue weighted by Crippen LogP contribution is 2.34. The third kappa shape index (κ3) is 3.67. The van der Waals surface area contributed by atoms with Crippen molar-refractivity contribution in [1.29, 1.82) is 0 Å². The minimum Gasteiger partial charge on any atom is -0.493 e. The van der Waals surface area contributed by atoms with Crippen LogP contribution in [0.4, 0.5) is 24.9 Å². The Kier molecular flexibility index (Phi) is 5.00. The Balaban J connectivity index is 1.57. The van der Waals surface area contributed by atoms with Crippen molar-refractivity contribution in [2.45, 2.75) is 32.1 Å². The second kappa shape index (κ2) is 7.76. The number of rotatable bonds is 5. The van der Waals surface area contributed by atoms with E-state index in [0.717, 1.165) is 0 Å². The van der Waals surface area contributed by atoms with Gasteiger partial charge in [0.05, 0.1) is 18.3 Å². The number of likely N-dealkylation sites (N-methyl/N-ethyl adjacent to an activating group) is 1. The van der Waals surface area contributed by atoms with Crippen molar-refractivity contribution < 1.29 is 18.3 Å². The standard InChI is InChI=1S/C20H22F3N9O/c1-9-25-13-4-3-12(26-19(13)31(9)8-15(22)23)10-5-16(33)32-17(10)18(24)28-20(29-32)27-14-7-30(2)6-11(14)21/h3-5,11,14-15,33H,6-8H2,1-2H3,(H3,24,27,28,29)/t11-,14?/m0/s1. The topological polar surface area (TPSA) is 122 Å². The summed E-state index contributed by atoms with van der Waals surface area (Å²) in [6.07, 6.45) is -3.66. The maximum atomic E-state index is 14.2. The van der Waals surface area contributed by atoms with Crippen molar-refractivity contribution >= 4 is 28.4 Å². The largest absolute Gasteiger partial charge is 0.493 e. The van der Waals surface area contributed by atoms with Gasteiger partial charge in [-0.05, 0) is 26.1 Å². The molecule has 0 spiro atoms. The summed E-state index contributed by atoms with van der Waals surface area (Å²) < 4.78 is 42.8. The molecule has 2 atom stereocenters. The summed E-state index contributed by atoms with van der Waals surface area (Å²) in [6.45, 7) is 1.87. The smallest absolute Gasteiger partial charge is 0.256 e. The van der Waals surface area contributed by atoms with E-state index in [1.165, 1.54) is 15.1 Å². The van der Waals surface area contributed by atoms with Gasteiger partial charge in [0.25, 0.3) is 6.43 Å². The van der Waals surface area contributed by atoms with Gasteiger partial charge in [0.15, 0.2) is 11.5 Å².